The second-order valence-electron chi connectivity index (χ2n) is 5.80. The van der Waals surface area contributed by atoms with Gasteiger partial charge in [-0.25, -0.2) is 9.67 Å². The van der Waals surface area contributed by atoms with Crippen molar-refractivity contribution in [3.63, 3.8) is 0 Å². The van der Waals surface area contributed by atoms with Gasteiger partial charge in [-0.1, -0.05) is 12.1 Å². The van der Waals surface area contributed by atoms with Crippen LogP contribution in [0.3, 0.4) is 0 Å². The number of rotatable bonds is 3. The fraction of sp³-hybridized carbons (Fsp3) is 0.278. The molecule has 1 aromatic carbocycles. The lowest BCUT2D eigenvalue weighted by Crippen LogP contribution is -2.23. The zero-order valence-corrected chi connectivity index (χ0v) is 13.6. The molecule has 4 rings (SSSR count). The zero-order chi connectivity index (χ0) is 16.5. The Bertz CT molecular complexity index is 861. The Balaban J connectivity index is 1.71. The van der Waals surface area contributed by atoms with E-state index < -0.39 is 0 Å². The highest BCUT2D eigenvalue weighted by Gasteiger charge is 2.28. The molecule has 6 nitrogen and oxygen atoms in total. The van der Waals surface area contributed by atoms with Crippen LogP contribution in [0.5, 0.6) is 11.5 Å². The van der Waals surface area contributed by atoms with Gasteiger partial charge in [-0.05, 0) is 37.1 Å². The molecule has 6 heteroatoms. The topological polar surface area (TPSA) is 62.1 Å². The Kier molecular flexibility index (Phi) is 3.65. The van der Waals surface area contributed by atoms with E-state index in [1.165, 1.54) is 0 Å². The van der Waals surface area contributed by atoms with Crippen LogP contribution < -0.4 is 9.47 Å². The van der Waals surface area contributed by atoms with Gasteiger partial charge in [0.05, 0.1) is 25.3 Å². The molecule has 3 heterocycles. The molecule has 0 N–H and O–H groups in total. The molecule has 2 aromatic heterocycles. The average molecular weight is 322 g/mol. The first kappa shape index (κ1) is 14.7. The predicted octanol–water partition coefficient (Wildman–Crippen LogP) is 2.70. The number of aryl methyl sites for hydroxylation is 1. The van der Waals surface area contributed by atoms with E-state index >= 15 is 0 Å². The van der Waals surface area contributed by atoms with Crippen molar-refractivity contribution in [1.82, 2.24) is 19.7 Å². The summed E-state index contributed by atoms with van der Waals surface area (Å²) in [6, 6.07) is 9.84. The Morgan fingerprint density at radius 3 is 2.83 bits per heavy atom. The molecular formula is C18H18N4O2. The molecule has 1 unspecified atom stereocenters. The van der Waals surface area contributed by atoms with Crippen molar-refractivity contribution in [3.8, 4) is 17.2 Å². The SMILES string of the molecule is COc1cccc2c1OCC(c1nc(C)nn1-c1ccncc1)C2. The maximum Gasteiger partial charge on any atom is 0.164 e. The van der Waals surface area contributed by atoms with Crippen molar-refractivity contribution in [1.29, 1.82) is 0 Å². The van der Waals surface area contributed by atoms with Gasteiger partial charge >= 0.3 is 0 Å². The third kappa shape index (κ3) is 2.50. The molecule has 0 fully saturated rings. The van der Waals surface area contributed by atoms with Crippen LogP contribution in [-0.4, -0.2) is 33.5 Å². The molecule has 1 aliphatic heterocycles. The van der Waals surface area contributed by atoms with Gasteiger partial charge < -0.3 is 9.47 Å². The molecule has 24 heavy (non-hydrogen) atoms. The average Bonchev–Trinajstić information content (AvgIpc) is 3.03. The number of ether oxygens (including phenoxy) is 2. The van der Waals surface area contributed by atoms with E-state index in [4.69, 9.17) is 9.47 Å². The molecule has 0 saturated carbocycles. The predicted molar refractivity (Wildman–Crippen MR) is 88.8 cm³/mol. The quantitative estimate of drug-likeness (QED) is 0.742. The number of benzene rings is 1. The van der Waals surface area contributed by atoms with Crippen molar-refractivity contribution in [2.24, 2.45) is 0 Å². The standard InChI is InChI=1S/C18H18N4O2/c1-12-20-18(22(21-12)15-6-8-19-9-7-15)14-10-13-4-3-5-16(23-2)17(13)24-11-14/h3-9,14H,10-11H2,1-2H3. The van der Waals surface area contributed by atoms with Gasteiger partial charge in [-0.2, -0.15) is 5.10 Å². The van der Waals surface area contributed by atoms with E-state index in [0.717, 1.165) is 40.8 Å². The lowest BCUT2D eigenvalue weighted by molar-refractivity contribution is 0.242. The first-order chi connectivity index (χ1) is 11.8. The van der Waals surface area contributed by atoms with Crippen molar-refractivity contribution in [2.75, 3.05) is 13.7 Å². The summed E-state index contributed by atoms with van der Waals surface area (Å²) in [4.78, 5) is 8.71. The van der Waals surface area contributed by atoms with Gasteiger partial charge in [0.2, 0.25) is 0 Å². The number of methoxy groups -OCH3 is 1. The van der Waals surface area contributed by atoms with Gasteiger partial charge in [0.15, 0.2) is 11.5 Å². The number of hydrogen-bond donors (Lipinski definition) is 0. The van der Waals surface area contributed by atoms with Crippen LogP contribution in [0, 0.1) is 6.92 Å². The van der Waals surface area contributed by atoms with Crippen molar-refractivity contribution in [2.45, 2.75) is 19.3 Å². The smallest absolute Gasteiger partial charge is 0.164 e. The number of hydrogen-bond acceptors (Lipinski definition) is 5. The van der Waals surface area contributed by atoms with E-state index in [-0.39, 0.29) is 5.92 Å². The van der Waals surface area contributed by atoms with Gasteiger partial charge in [0.1, 0.15) is 11.6 Å². The summed E-state index contributed by atoms with van der Waals surface area (Å²) >= 11 is 0. The van der Waals surface area contributed by atoms with Gasteiger partial charge in [-0.15, -0.1) is 0 Å². The third-order valence-electron chi connectivity index (χ3n) is 4.19. The van der Waals surface area contributed by atoms with E-state index in [9.17, 15) is 0 Å². The molecule has 1 atom stereocenters. The van der Waals surface area contributed by atoms with E-state index in [1.807, 2.05) is 35.9 Å². The molecule has 0 amide bonds. The van der Waals surface area contributed by atoms with Crippen LogP contribution in [0.25, 0.3) is 5.69 Å². The molecule has 122 valence electrons. The van der Waals surface area contributed by atoms with Crippen LogP contribution in [0.2, 0.25) is 0 Å². The Morgan fingerprint density at radius 1 is 1.21 bits per heavy atom. The molecule has 3 aromatic rings. The monoisotopic (exact) mass is 322 g/mol. The van der Waals surface area contributed by atoms with E-state index in [1.54, 1.807) is 19.5 Å². The first-order valence-electron chi connectivity index (χ1n) is 7.89. The Morgan fingerprint density at radius 2 is 2.04 bits per heavy atom. The summed E-state index contributed by atoms with van der Waals surface area (Å²) in [6.07, 6.45) is 4.36. The molecule has 1 aliphatic rings. The minimum absolute atomic E-state index is 0.138. The molecular weight excluding hydrogens is 304 g/mol. The highest BCUT2D eigenvalue weighted by atomic mass is 16.5. The molecule has 0 spiro atoms. The second kappa shape index (κ2) is 5.96. The summed E-state index contributed by atoms with van der Waals surface area (Å²) in [5.74, 6) is 3.41. The Labute approximate surface area is 140 Å². The van der Waals surface area contributed by atoms with Crippen LogP contribution >= 0.6 is 0 Å². The second-order valence-corrected chi connectivity index (χ2v) is 5.80. The van der Waals surface area contributed by atoms with Gasteiger partial charge in [0, 0.05) is 12.4 Å². The first-order valence-corrected chi connectivity index (χ1v) is 7.89. The lowest BCUT2D eigenvalue weighted by atomic mass is 9.95. The minimum Gasteiger partial charge on any atom is -0.493 e. The van der Waals surface area contributed by atoms with Crippen molar-refractivity contribution >= 4 is 0 Å². The highest BCUT2D eigenvalue weighted by Crippen LogP contribution is 2.38. The molecule has 0 bridgehead atoms. The minimum atomic E-state index is 0.138. The summed E-state index contributed by atoms with van der Waals surface area (Å²) in [7, 11) is 1.66. The van der Waals surface area contributed by atoms with Crippen LogP contribution in [0.1, 0.15) is 23.1 Å². The summed E-state index contributed by atoms with van der Waals surface area (Å²) < 4.78 is 13.3. The number of aromatic nitrogens is 4. The number of pyridine rings is 1. The van der Waals surface area contributed by atoms with Crippen LogP contribution in [0.15, 0.2) is 42.7 Å². The van der Waals surface area contributed by atoms with Crippen LogP contribution in [-0.2, 0) is 6.42 Å². The number of nitrogens with zero attached hydrogens (tertiary/aromatic N) is 4. The van der Waals surface area contributed by atoms with Crippen LogP contribution in [0.4, 0.5) is 0 Å². The maximum atomic E-state index is 5.99. The maximum absolute atomic E-state index is 5.99. The van der Waals surface area contributed by atoms with Gasteiger partial charge in [-0.3, -0.25) is 4.98 Å². The number of fused-ring (bicyclic) bond motifs is 1. The zero-order valence-electron chi connectivity index (χ0n) is 13.6. The largest absolute Gasteiger partial charge is 0.493 e. The highest BCUT2D eigenvalue weighted by molar-refractivity contribution is 5.48. The van der Waals surface area contributed by atoms with Crippen molar-refractivity contribution < 1.29 is 9.47 Å². The fourth-order valence-corrected chi connectivity index (χ4v) is 3.09. The normalized spacial score (nSPS) is 16.3. The lowest BCUT2D eigenvalue weighted by Gasteiger charge is -2.26. The summed E-state index contributed by atoms with van der Waals surface area (Å²) in [5, 5.41) is 4.54. The van der Waals surface area contributed by atoms with E-state index in [0.29, 0.717) is 6.61 Å². The van der Waals surface area contributed by atoms with E-state index in [2.05, 4.69) is 21.1 Å². The van der Waals surface area contributed by atoms with Crippen molar-refractivity contribution in [3.05, 3.63) is 59.9 Å². The third-order valence-corrected chi connectivity index (χ3v) is 4.19. The summed E-state index contributed by atoms with van der Waals surface area (Å²) in [6.45, 7) is 2.46. The molecule has 0 saturated heterocycles. The molecule has 0 radical (unpaired) electrons. The fourth-order valence-electron chi connectivity index (χ4n) is 3.09. The van der Waals surface area contributed by atoms with Gasteiger partial charge in [0.25, 0.3) is 0 Å². The molecule has 0 aliphatic carbocycles. The number of para-hydroxylation sites is 1. The Hall–Kier alpha value is -2.89. The summed E-state index contributed by atoms with van der Waals surface area (Å²) in [5.41, 5.74) is 2.09.